The maximum Gasteiger partial charge on any atom is 0.243 e. The van der Waals surface area contributed by atoms with Gasteiger partial charge in [-0.15, -0.1) is 0 Å². The Bertz CT molecular complexity index is 610. The molecule has 2 unspecified atom stereocenters. The monoisotopic (exact) mass is 297 g/mol. The van der Waals surface area contributed by atoms with Crippen molar-refractivity contribution in [1.82, 2.24) is 4.31 Å². The van der Waals surface area contributed by atoms with E-state index in [0.717, 1.165) is 17.5 Å². The van der Waals surface area contributed by atoms with Gasteiger partial charge in [0.25, 0.3) is 0 Å². The summed E-state index contributed by atoms with van der Waals surface area (Å²) < 4.78 is 26.7. The molecule has 2 rings (SSSR count). The summed E-state index contributed by atoms with van der Waals surface area (Å²) in [6.07, 6.45) is 1.11. The lowest BCUT2D eigenvalue weighted by Gasteiger charge is -2.19. The zero-order chi connectivity index (χ0) is 15.1. The van der Waals surface area contributed by atoms with E-state index in [9.17, 15) is 13.5 Å². The standard InChI is InChI=1S/C15H23NO3S/c1-10-5-12(3)15(7-14(10)9-17)20(18,19)16(4)8-13-6-11(13)2/h5,7,11,13,17H,6,8-9H2,1-4H3. The minimum absolute atomic E-state index is 0.141. The summed E-state index contributed by atoms with van der Waals surface area (Å²) in [6.45, 7) is 6.26. The summed E-state index contributed by atoms with van der Waals surface area (Å²) in [4.78, 5) is 0.308. The molecule has 0 aliphatic heterocycles. The van der Waals surface area contributed by atoms with Crippen LogP contribution in [0.2, 0.25) is 0 Å². The summed E-state index contributed by atoms with van der Waals surface area (Å²) in [7, 11) is -1.84. The molecule has 1 aliphatic rings. The number of aliphatic hydroxyl groups excluding tert-OH is 1. The number of nitrogens with zero attached hydrogens (tertiary/aromatic N) is 1. The van der Waals surface area contributed by atoms with Crippen LogP contribution in [-0.4, -0.2) is 31.4 Å². The smallest absolute Gasteiger partial charge is 0.243 e. The van der Waals surface area contributed by atoms with Gasteiger partial charge in [0, 0.05) is 13.6 Å². The van der Waals surface area contributed by atoms with Gasteiger partial charge < -0.3 is 5.11 Å². The highest BCUT2D eigenvalue weighted by Gasteiger charge is 2.36. The van der Waals surface area contributed by atoms with Crippen molar-refractivity contribution >= 4 is 10.0 Å². The lowest BCUT2D eigenvalue weighted by molar-refractivity contribution is 0.280. The normalized spacial score (nSPS) is 22.3. The van der Waals surface area contributed by atoms with Crippen LogP contribution in [0.15, 0.2) is 17.0 Å². The summed E-state index contributed by atoms with van der Waals surface area (Å²) in [6, 6.07) is 3.43. The van der Waals surface area contributed by atoms with Gasteiger partial charge in [-0.25, -0.2) is 12.7 Å². The van der Waals surface area contributed by atoms with Gasteiger partial charge in [0.15, 0.2) is 0 Å². The van der Waals surface area contributed by atoms with Gasteiger partial charge >= 0.3 is 0 Å². The average Bonchev–Trinajstić information content (AvgIpc) is 3.04. The van der Waals surface area contributed by atoms with Crippen LogP contribution in [0.5, 0.6) is 0 Å². The van der Waals surface area contributed by atoms with Crippen LogP contribution in [0.1, 0.15) is 30.0 Å². The molecule has 112 valence electrons. The zero-order valence-electron chi connectivity index (χ0n) is 12.5. The molecule has 0 radical (unpaired) electrons. The molecule has 20 heavy (non-hydrogen) atoms. The molecule has 1 fully saturated rings. The van der Waals surface area contributed by atoms with Crippen LogP contribution < -0.4 is 0 Å². The van der Waals surface area contributed by atoms with E-state index >= 15 is 0 Å². The van der Waals surface area contributed by atoms with E-state index in [1.807, 2.05) is 13.0 Å². The van der Waals surface area contributed by atoms with E-state index < -0.39 is 10.0 Å². The van der Waals surface area contributed by atoms with Crippen molar-refractivity contribution in [2.24, 2.45) is 11.8 Å². The molecule has 1 N–H and O–H groups in total. The maximum absolute atomic E-state index is 12.6. The average molecular weight is 297 g/mol. The lowest BCUT2D eigenvalue weighted by atomic mass is 10.1. The minimum atomic E-state index is -3.48. The van der Waals surface area contributed by atoms with Crippen molar-refractivity contribution in [2.45, 2.75) is 38.7 Å². The van der Waals surface area contributed by atoms with Gasteiger partial charge in [0.05, 0.1) is 11.5 Å². The fourth-order valence-electron chi connectivity index (χ4n) is 2.57. The molecule has 4 nitrogen and oxygen atoms in total. The second-order valence-electron chi connectivity index (χ2n) is 5.96. The third-order valence-electron chi connectivity index (χ3n) is 4.26. The Morgan fingerprint density at radius 3 is 2.40 bits per heavy atom. The number of benzene rings is 1. The summed E-state index contributed by atoms with van der Waals surface area (Å²) in [5, 5.41) is 9.32. The predicted octanol–water partition coefficient (Wildman–Crippen LogP) is 2.07. The van der Waals surface area contributed by atoms with Crippen molar-refractivity contribution in [3.8, 4) is 0 Å². The largest absolute Gasteiger partial charge is 0.392 e. The topological polar surface area (TPSA) is 57.6 Å². The highest BCUT2D eigenvalue weighted by Crippen LogP contribution is 2.39. The van der Waals surface area contributed by atoms with Crippen LogP contribution in [-0.2, 0) is 16.6 Å². The van der Waals surface area contributed by atoms with E-state index in [0.29, 0.717) is 28.8 Å². The fourth-order valence-corrected chi connectivity index (χ4v) is 4.05. The van der Waals surface area contributed by atoms with Crippen molar-refractivity contribution in [1.29, 1.82) is 0 Å². The first-order chi connectivity index (χ1) is 9.27. The summed E-state index contributed by atoms with van der Waals surface area (Å²) in [5.41, 5.74) is 2.32. The Hall–Kier alpha value is -0.910. The Kier molecular flexibility index (Phi) is 4.23. The summed E-state index contributed by atoms with van der Waals surface area (Å²) in [5.74, 6) is 1.11. The van der Waals surface area contributed by atoms with Gasteiger partial charge in [-0.3, -0.25) is 0 Å². The fraction of sp³-hybridized carbons (Fsp3) is 0.600. The Balaban J connectivity index is 2.33. The SMILES string of the molecule is Cc1cc(C)c(S(=O)(=O)N(C)CC2CC2C)cc1CO. The Morgan fingerprint density at radius 1 is 1.30 bits per heavy atom. The number of hydrogen-bond donors (Lipinski definition) is 1. The van der Waals surface area contributed by atoms with E-state index in [1.54, 1.807) is 20.0 Å². The molecule has 2 atom stereocenters. The molecule has 5 heteroatoms. The van der Waals surface area contributed by atoms with Gasteiger partial charge in [0.2, 0.25) is 10.0 Å². The minimum Gasteiger partial charge on any atom is -0.392 e. The molecule has 0 bridgehead atoms. The van der Waals surface area contributed by atoms with Crippen LogP contribution >= 0.6 is 0 Å². The highest BCUT2D eigenvalue weighted by molar-refractivity contribution is 7.89. The van der Waals surface area contributed by atoms with Gasteiger partial charge in [-0.05, 0) is 54.9 Å². The summed E-state index contributed by atoms with van der Waals surface area (Å²) >= 11 is 0. The molecular formula is C15H23NO3S. The Labute approximate surface area is 121 Å². The first-order valence-electron chi connectivity index (χ1n) is 6.94. The number of sulfonamides is 1. The number of hydrogen-bond acceptors (Lipinski definition) is 3. The second kappa shape index (κ2) is 5.47. The number of aliphatic hydroxyl groups is 1. The van der Waals surface area contributed by atoms with Crippen molar-refractivity contribution in [3.63, 3.8) is 0 Å². The van der Waals surface area contributed by atoms with E-state index in [4.69, 9.17) is 0 Å². The third-order valence-corrected chi connectivity index (χ3v) is 6.23. The molecule has 1 aromatic carbocycles. The van der Waals surface area contributed by atoms with Crippen molar-refractivity contribution in [3.05, 3.63) is 28.8 Å². The molecule has 0 spiro atoms. The number of aryl methyl sites for hydroxylation is 2. The van der Waals surface area contributed by atoms with Crippen LogP contribution in [0.25, 0.3) is 0 Å². The van der Waals surface area contributed by atoms with Crippen LogP contribution in [0, 0.1) is 25.7 Å². The molecular weight excluding hydrogens is 274 g/mol. The predicted molar refractivity (Wildman–Crippen MR) is 78.9 cm³/mol. The highest BCUT2D eigenvalue weighted by atomic mass is 32.2. The second-order valence-corrected chi connectivity index (χ2v) is 7.97. The molecule has 0 aromatic heterocycles. The number of rotatable bonds is 5. The quantitative estimate of drug-likeness (QED) is 0.905. The third kappa shape index (κ3) is 2.90. The first-order valence-corrected chi connectivity index (χ1v) is 8.38. The van der Waals surface area contributed by atoms with Crippen LogP contribution in [0.3, 0.4) is 0 Å². The van der Waals surface area contributed by atoms with Crippen molar-refractivity contribution in [2.75, 3.05) is 13.6 Å². The van der Waals surface area contributed by atoms with E-state index in [2.05, 4.69) is 6.92 Å². The molecule has 1 aromatic rings. The van der Waals surface area contributed by atoms with Crippen LogP contribution in [0.4, 0.5) is 0 Å². The first kappa shape index (κ1) is 15.5. The van der Waals surface area contributed by atoms with Gasteiger partial charge in [0.1, 0.15) is 0 Å². The van der Waals surface area contributed by atoms with Crippen molar-refractivity contribution < 1.29 is 13.5 Å². The van der Waals surface area contributed by atoms with Gasteiger partial charge in [-0.2, -0.15) is 0 Å². The van der Waals surface area contributed by atoms with E-state index in [1.165, 1.54) is 4.31 Å². The molecule has 1 aliphatic carbocycles. The van der Waals surface area contributed by atoms with Gasteiger partial charge in [-0.1, -0.05) is 13.0 Å². The molecule has 0 heterocycles. The molecule has 1 saturated carbocycles. The zero-order valence-corrected chi connectivity index (χ0v) is 13.4. The molecule has 0 amide bonds. The van der Waals surface area contributed by atoms with E-state index in [-0.39, 0.29) is 6.61 Å². The lowest BCUT2D eigenvalue weighted by Crippen LogP contribution is -2.30. The molecule has 0 saturated heterocycles. The maximum atomic E-state index is 12.6. The Morgan fingerprint density at radius 2 is 1.90 bits per heavy atom.